The number of allylic oxidation sites excluding steroid dienone is 2. The number of carbonyl (C=O) groups excluding carboxylic acids is 2. The molecule has 132 valence electrons. The number of nitrogens with zero attached hydrogens (tertiary/aromatic N) is 1. The van der Waals surface area contributed by atoms with Crippen LogP contribution in [0.1, 0.15) is 32.8 Å². The van der Waals surface area contributed by atoms with Crippen LogP contribution >= 0.6 is 0 Å². The molecule has 0 saturated carbocycles. The lowest BCUT2D eigenvalue weighted by molar-refractivity contribution is -0.158. The average Bonchev–Trinajstić information content (AvgIpc) is 2.62. The molecule has 0 amide bonds. The smallest absolute Gasteiger partial charge is 0.349 e. The zero-order chi connectivity index (χ0) is 18.7. The van der Waals surface area contributed by atoms with Gasteiger partial charge in [0.1, 0.15) is 24.9 Å². The largest absolute Gasteiger partial charge is 0.462 e. The molecular weight excluding hydrogens is 318 g/mol. The Hall–Kier alpha value is -2.87. The van der Waals surface area contributed by atoms with Crippen molar-refractivity contribution >= 4 is 18.0 Å². The summed E-state index contributed by atoms with van der Waals surface area (Å²) in [5, 5.41) is 9.04. The normalized spacial score (nSPS) is 11.8. The predicted octanol–water partition coefficient (Wildman–Crippen LogP) is 3.67. The van der Waals surface area contributed by atoms with Crippen LogP contribution in [0.15, 0.2) is 48.1 Å². The van der Waals surface area contributed by atoms with Crippen molar-refractivity contribution in [1.29, 1.82) is 5.26 Å². The van der Waals surface area contributed by atoms with Crippen molar-refractivity contribution in [3.05, 3.63) is 53.6 Å². The van der Waals surface area contributed by atoms with Crippen LogP contribution in [0.2, 0.25) is 0 Å². The molecule has 0 heterocycles. The molecule has 0 spiro atoms. The monoisotopic (exact) mass is 341 g/mol. The average molecular weight is 341 g/mol. The van der Waals surface area contributed by atoms with Crippen LogP contribution in [0.3, 0.4) is 0 Å². The Morgan fingerprint density at radius 3 is 2.40 bits per heavy atom. The number of hydrogen-bond acceptors (Lipinski definition) is 5. The Bertz CT molecular complexity index is 681. The predicted molar refractivity (Wildman–Crippen MR) is 95.2 cm³/mol. The Morgan fingerprint density at radius 2 is 1.80 bits per heavy atom. The van der Waals surface area contributed by atoms with E-state index in [0.29, 0.717) is 6.42 Å². The SMILES string of the molecule is CCC(C)(C)C(=O)OCCOC(=O)/C(C#N)=C/C=C/c1ccccc1. The van der Waals surface area contributed by atoms with Crippen LogP contribution in [0, 0.1) is 16.7 Å². The van der Waals surface area contributed by atoms with Gasteiger partial charge in [0.2, 0.25) is 0 Å². The Kier molecular flexibility index (Phi) is 8.14. The van der Waals surface area contributed by atoms with Crippen molar-refractivity contribution in [1.82, 2.24) is 0 Å². The Labute approximate surface area is 148 Å². The molecule has 1 aromatic rings. The molecule has 0 unspecified atom stereocenters. The van der Waals surface area contributed by atoms with E-state index < -0.39 is 11.4 Å². The van der Waals surface area contributed by atoms with E-state index in [-0.39, 0.29) is 24.8 Å². The van der Waals surface area contributed by atoms with Gasteiger partial charge in [0.25, 0.3) is 0 Å². The van der Waals surface area contributed by atoms with E-state index in [1.807, 2.05) is 37.3 Å². The maximum absolute atomic E-state index is 11.8. The Balaban J connectivity index is 2.46. The molecule has 0 saturated heterocycles. The lowest BCUT2D eigenvalue weighted by Gasteiger charge is -2.20. The minimum absolute atomic E-state index is 0.0352. The summed E-state index contributed by atoms with van der Waals surface area (Å²) < 4.78 is 10.0. The van der Waals surface area contributed by atoms with Gasteiger partial charge < -0.3 is 9.47 Å². The highest BCUT2D eigenvalue weighted by Gasteiger charge is 2.26. The van der Waals surface area contributed by atoms with E-state index >= 15 is 0 Å². The van der Waals surface area contributed by atoms with E-state index in [9.17, 15) is 9.59 Å². The van der Waals surface area contributed by atoms with E-state index in [1.165, 1.54) is 6.08 Å². The molecule has 0 aliphatic carbocycles. The third-order valence-electron chi connectivity index (χ3n) is 3.68. The molecule has 5 heteroatoms. The molecule has 0 N–H and O–H groups in total. The summed E-state index contributed by atoms with van der Waals surface area (Å²) in [6.45, 7) is 5.35. The van der Waals surface area contributed by atoms with Gasteiger partial charge in [0.05, 0.1) is 5.41 Å². The summed E-state index contributed by atoms with van der Waals surface area (Å²) >= 11 is 0. The summed E-state index contributed by atoms with van der Waals surface area (Å²) in [6, 6.07) is 11.3. The Morgan fingerprint density at radius 1 is 1.16 bits per heavy atom. The van der Waals surface area contributed by atoms with E-state index in [1.54, 1.807) is 32.1 Å². The number of benzene rings is 1. The fraction of sp³-hybridized carbons (Fsp3) is 0.350. The maximum atomic E-state index is 11.8. The van der Waals surface area contributed by atoms with Crippen molar-refractivity contribution in [2.24, 2.45) is 5.41 Å². The highest BCUT2D eigenvalue weighted by atomic mass is 16.6. The summed E-state index contributed by atoms with van der Waals surface area (Å²) in [5.74, 6) is -1.08. The fourth-order valence-electron chi connectivity index (χ4n) is 1.66. The van der Waals surface area contributed by atoms with Crippen LogP contribution in [-0.2, 0) is 19.1 Å². The molecule has 0 aliphatic heterocycles. The summed E-state index contributed by atoms with van der Waals surface area (Å²) in [7, 11) is 0. The summed E-state index contributed by atoms with van der Waals surface area (Å²) in [6.07, 6.45) is 5.43. The van der Waals surface area contributed by atoms with Crippen molar-refractivity contribution in [3.8, 4) is 6.07 Å². The van der Waals surface area contributed by atoms with Gasteiger partial charge in [0.15, 0.2) is 0 Å². The number of carbonyl (C=O) groups is 2. The molecule has 0 bridgehead atoms. The van der Waals surface area contributed by atoms with Crippen LogP contribution in [0.5, 0.6) is 0 Å². The van der Waals surface area contributed by atoms with Crippen molar-refractivity contribution in [2.75, 3.05) is 13.2 Å². The molecule has 5 nitrogen and oxygen atoms in total. The van der Waals surface area contributed by atoms with Gasteiger partial charge in [-0.1, -0.05) is 49.4 Å². The number of esters is 2. The second-order valence-electron chi connectivity index (χ2n) is 5.97. The zero-order valence-electron chi connectivity index (χ0n) is 14.8. The van der Waals surface area contributed by atoms with Gasteiger partial charge in [-0.3, -0.25) is 4.79 Å². The quantitative estimate of drug-likeness (QED) is 0.237. The zero-order valence-corrected chi connectivity index (χ0v) is 14.8. The highest BCUT2D eigenvalue weighted by molar-refractivity contribution is 5.93. The molecular formula is C20H23NO4. The molecule has 0 aromatic heterocycles. The minimum Gasteiger partial charge on any atom is -0.462 e. The minimum atomic E-state index is -0.744. The third-order valence-corrected chi connectivity index (χ3v) is 3.68. The first-order valence-electron chi connectivity index (χ1n) is 8.08. The van der Waals surface area contributed by atoms with E-state index in [0.717, 1.165) is 5.56 Å². The molecule has 1 aromatic carbocycles. The summed E-state index contributed by atoms with van der Waals surface area (Å²) in [4.78, 5) is 23.6. The van der Waals surface area contributed by atoms with Crippen LogP contribution in [0.25, 0.3) is 6.08 Å². The van der Waals surface area contributed by atoms with Gasteiger partial charge >= 0.3 is 11.9 Å². The summed E-state index contributed by atoms with van der Waals surface area (Å²) in [5.41, 5.74) is 0.270. The third kappa shape index (κ3) is 7.05. The number of ether oxygens (including phenoxy) is 2. The van der Waals surface area contributed by atoms with Crippen LogP contribution in [-0.4, -0.2) is 25.2 Å². The van der Waals surface area contributed by atoms with Gasteiger partial charge in [-0.25, -0.2) is 4.79 Å². The highest BCUT2D eigenvalue weighted by Crippen LogP contribution is 2.21. The second kappa shape index (κ2) is 10.1. The first-order chi connectivity index (χ1) is 11.9. The molecule has 0 atom stereocenters. The van der Waals surface area contributed by atoms with Crippen molar-refractivity contribution in [2.45, 2.75) is 27.2 Å². The molecule has 25 heavy (non-hydrogen) atoms. The lowest BCUT2D eigenvalue weighted by atomic mass is 9.91. The molecule has 0 aliphatic rings. The second-order valence-corrected chi connectivity index (χ2v) is 5.97. The standard InChI is InChI=1S/C20H23NO4/c1-4-20(2,3)19(23)25-14-13-24-18(22)17(15-21)12-8-11-16-9-6-5-7-10-16/h5-12H,4,13-14H2,1-3H3/b11-8+,17-12+. The molecule has 1 rings (SSSR count). The van der Waals surface area contributed by atoms with E-state index in [4.69, 9.17) is 14.7 Å². The number of nitriles is 1. The number of hydrogen-bond donors (Lipinski definition) is 0. The van der Waals surface area contributed by atoms with Gasteiger partial charge in [-0.05, 0) is 31.9 Å². The van der Waals surface area contributed by atoms with Crippen LogP contribution in [0.4, 0.5) is 0 Å². The topological polar surface area (TPSA) is 76.4 Å². The fourth-order valence-corrected chi connectivity index (χ4v) is 1.66. The number of rotatable bonds is 8. The lowest BCUT2D eigenvalue weighted by Crippen LogP contribution is -2.27. The van der Waals surface area contributed by atoms with Crippen molar-refractivity contribution in [3.63, 3.8) is 0 Å². The van der Waals surface area contributed by atoms with E-state index in [2.05, 4.69) is 0 Å². The van der Waals surface area contributed by atoms with Gasteiger partial charge in [-0.15, -0.1) is 0 Å². The van der Waals surface area contributed by atoms with Crippen LogP contribution < -0.4 is 0 Å². The van der Waals surface area contributed by atoms with Gasteiger partial charge in [-0.2, -0.15) is 5.26 Å². The maximum Gasteiger partial charge on any atom is 0.349 e. The molecule has 0 radical (unpaired) electrons. The first-order valence-corrected chi connectivity index (χ1v) is 8.08. The van der Waals surface area contributed by atoms with Crippen molar-refractivity contribution < 1.29 is 19.1 Å². The van der Waals surface area contributed by atoms with Gasteiger partial charge in [0, 0.05) is 0 Å². The molecule has 0 fully saturated rings. The first kappa shape index (κ1) is 20.2.